The van der Waals surface area contributed by atoms with E-state index in [0.717, 1.165) is 22.0 Å². The largest absolute Gasteiger partial charge is 0.505 e. The van der Waals surface area contributed by atoms with Gasteiger partial charge < -0.3 is 15.3 Å². The number of carbonyl (C=O) groups is 1. The highest BCUT2D eigenvalue weighted by atomic mass is 16.4. The Bertz CT molecular complexity index is 1700. The average Bonchev–Trinajstić information content (AvgIpc) is 3.18. The molecule has 4 aromatic carbocycles. The molecule has 0 aliphatic rings. The van der Waals surface area contributed by atoms with Gasteiger partial charge in [0.05, 0.1) is 16.6 Å². The Morgan fingerprint density at radius 3 is 2.46 bits per heavy atom. The molecule has 1 heterocycles. The lowest BCUT2D eigenvalue weighted by molar-refractivity contribution is 0.0697. The van der Waals surface area contributed by atoms with Crippen molar-refractivity contribution < 1.29 is 20.1 Å². The van der Waals surface area contributed by atoms with Gasteiger partial charge in [-0.15, -0.1) is 0 Å². The molecular weight excluding hydrogens is 464 g/mol. The molecular formula is C31H24N2O4. The summed E-state index contributed by atoms with van der Waals surface area (Å²) in [7, 11) is 0. The van der Waals surface area contributed by atoms with E-state index in [-0.39, 0.29) is 17.2 Å². The van der Waals surface area contributed by atoms with Crippen molar-refractivity contribution in [3.63, 3.8) is 0 Å². The first-order valence-corrected chi connectivity index (χ1v) is 11.7. The Morgan fingerprint density at radius 2 is 1.65 bits per heavy atom. The monoisotopic (exact) mass is 488 g/mol. The van der Waals surface area contributed by atoms with E-state index in [4.69, 9.17) is 0 Å². The Kier molecular flexibility index (Phi) is 6.31. The van der Waals surface area contributed by atoms with Crippen molar-refractivity contribution >= 4 is 41.1 Å². The van der Waals surface area contributed by atoms with Crippen LogP contribution in [-0.2, 0) is 0 Å². The molecule has 182 valence electrons. The highest BCUT2D eigenvalue weighted by Gasteiger charge is 2.15. The molecule has 6 heteroatoms. The van der Waals surface area contributed by atoms with E-state index in [1.807, 2.05) is 67.7 Å². The second-order valence-corrected chi connectivity index (χ2v) is 8.61. The van der Waals surface area contributed by atoms with Crippen LogP contribution < -0.4 is 0 Å². The topological polar surface area (TPSA) is 95.0 Å². The number of aromatic carboxylic acids is 1. The van der Waals surface area contributed by atoms with Gasteiger partial charge in [-0.1, -0.05) is 66.7 Å². The number of hydrogen-bond acceptors (Lipinski definition) is 4. The van der Waals surface area contributed by atoms with Gasteiger partial charge in [0.15, 0.2) is 0 Å². The minimum absolute atomic E-state index is 0.0274. The molecule has 6 nitrogen and oxygen atoms in total. The van der Waals surface area contributed by atoms with Crippen LogP contribution in [0.3, 0.4) is 0 Å². The first-order chi connectivity index (χ1) is 17.9. The maximum absolute atomic E-state index is 11.4. The number of carboxylic acid groups (broad SMARTS) is 1. The zero-order valence-electron chi connectivity index (χ0n) is 20.0. The van der Waals surface area contributed by atoms with Gasteiger partial charge in [0, 0.05) is 23.4 Å². The number of nitrogens with zero attached hydrogens (tertiary/aromatic N) is 2. The zero-order chi connectivity index (χ0) is 25.9. The van der Waals surface area contributed by atoms with Crippen LogP contribution in [-0.4, -0.2) is 32.1 Å². The number of rotatable bonds is 6. The summed E-state index contributed by atoms with van der Waals surface area (Å²) < 4.78 is 1.71. The lowest BCUT2D eigenvalue weighted by Gasteiger charge is -2.08. The standard InChI is InChI=1S/C31H24N2O4/c1-20-8-2-3-9-21(20)16-17-33-28-15-5-4-12-25(28)26(30(33)35)19-32-27-14-7-13-24(29(27)34)22-10-6-11-23(18-22)31(36)37/h2-19,34-35H,1H3,(H,36,37). The van der Waals surface area contributed by atoms with E-state index in [0.29, 0.717) is 22.4 Å². The molecule has 1 aromatic heterocycles. The molecule has 0 atom stereocenters. The highest BCUT2D eigenvalue weighted by Crippen LogP contribution is 2.38. The van der Waals surface area contributed by atoms with Crippen LogP contribution in [0.25, 0.3) is 34.3 Å². The van der Waals surface area contributed by atoms with Crippen molar-refractivity contribution in [1.29, 1.82) is 0 Å². The first kappa shape index (κ1) is 23.6. The van der Waals surface area contributed by atoms with Crippen LogP contribution in [0.1, 0.15) is 27.0 Å². The second-order valence-electron chi connectivity index (χ2n) is 8.61. The number of phenolic OH excluding ortho intramolecular Hbond substituents is 1. The summed E-state index contributed by atoms with van der Waals surface area (Å²) in [6, 6.07) is 27.1. The van der Waals surface area contributed by atoms with E-state index < -0.39 is 5.97 Å². The Balaban J connectivity index is 1.55. The summed E-state index contributed by atoms with van der Waals surface area (Å²) in [5.74, 6) is -1.09. The van der Waals surface area contributed by atoms with E-state index in [9.17, 15) is 20.1 Å². The first-order valence-electron chi connectivity index (χ1n) is 11.7. The van der Waals surface area contributed by atoms with Gasteiger partial charge >= 0.3 is 5.97 Å². The van der Waals surface area contributed by atoms with E-state index >= 15 is 0 Å². The molecule has 0 saturated carbocycles. The molecule has 5 rings (SSSR count). The van der Waals surface area contributed by atoms with Crippen molar-refractivity contribution in [2.24, 2.45) is 4.99 Å². The van der Waals surface area contributed by atoms with E-state index in [1.54, 1.807) is 34.9 Å². The molecule has 3 N–H and O–H groups in total. The number of benzene rings is 4. The Labute approximate surface area is 213 Å². The lowest BCUT2D eigenvalue weighted by Crippen LogP contribution is -1.95. The van der Waals surface area contributed by atoms with Crippen molar-refractivity contribution in [3.05, 3.63) is 113 Å². The molecule has 0 bridgehead atoms. The maximum atomic E-state index is 11.4. The molecule has 37 heavy (non-hydrogen) atoms. The predicted octanol–water partition coefficient (Wildman–Crippen LogP) is 7.10. The smallest absolute Gasteiger partial charge is 0.335 e. The van der Waals surface area contributed by atoms with Gasteiger partial charge in [0.25, 0.3) is 0 Å². The van der Waals surface area contributed by atoms with Gasteiger partial charge in [-0.25, -0.2) is 4.79 Å². The molecule has 5 aromatic rings. The number of aromatic nitrogens is 1. The van der Waals surface area contributed by atoms with Gasteiger partial charge in [0.2, 0.25) is 5.88 Å². The summed E-state index contributed by atoms with van der Waals surface area (Å²) in [6.07, 6.45) is 5.30. The van der Waals surface area contributed by atoms with Crippen LogP contribution in [0, 0.1) is 6.92 Å². The fraction of sp³-hybridized carbons (Fsp3) is 0.0323. The number of phenols is 1. The normalized spacial score (nSPS) is 11.6. The maximum Gasteiger partial charge on any atom is 0.335 e. The quantitative estimate of drug-likeness (QED) is 0.222. The fourth-order valence-electron chi connectivity index (χ4n) is 4.30. The molecule has 0 amide bonds. The minimum atomic E-state index is -1.04. The fourth-order valence-corrected chi connectivity index (χ4v) is 4.30. The number of aromatic hydroxyl groups is 2. The Hall–Kier alpha value is -5.10. The number of hydrogen-bond donors (Lipinski definition) is 3. The molecule has 0 fully saturated rings. The molecule has 0 unspecified atom stereocenters. The number of fused-ring (bicyclic) bond motifs is 1. The van der Waals surface area contributed by atoms with Crippen molar-refractivity contribution in [2.45, 2.75) is 6.92 Å². The second kappa shape index (κ2) is 9.87. The molecule has 0 saturated heterocycles. The highest BCUT2D eigenvalue weighted by molar-refractivity contribution is 6.04. The summed E-state index contributed by atoms with van der Waals surface area (Å²) >= 11 is 0. The lowest BCUT2D eigenvalue weighted by atomic mass is 10.0. The van der Waals surface area contributed by atoms with Gasteiger partial charge in [0.1, 0.15) is 11.4 Å². The number of aryl methyl sites for hydroxylation is 1. The van der Waals surface area contributed by atoms with Crippen molar-refractivity contribution in [3.8, 4) is 22.8 Å². The van der Waals surface area contributed by atoms with Crippen LogP contribution in [0.15, 0.2) is 96.0 Å². The molecule has 0 radical (unpaired) electrons. The van der Waals surface area contributed by atoms with E-state index in [1.165, 1.54) is 18.3 Å². The van der Waals surface area contributed by atoms with Crippen LogP contribution in [0.4, 0.5) is 5.69 Å². The molecule has 0 aliphatic heterocycles. The van der Waals surface area contributed by atoms with Crippen LogP contribution in [0.2, 0.25) is 0 Å². The number of para-hydroxylation sites is 2. The van der Waals surface area contributed by atoms with Crippen molar-refractivity contribution in [1.82, 2.24) is 4.57 Å². The number of carboxylic acids is 1. The third-order valence-corrected chi connectivity index (χ3v) is 6.28. The molecule has 0 spiro atoms. The van der Waals surface area contributed by atoms with E-state index in [2.05, 4.69) is 4.99 Å². The summed E-state index contributed by atoms with van der Waals surface area (Å²) in [6.45, 7) is 2.03. The number of aliphatic imine (C=N–C) groups is 1. The molecule has 0 aliphatic carbocycles. The van der Waals surface area contributed by atoms with Crippen LogP contribution >= 0.6 is 0 Å². The van der Waals surface area contributed by atoms with Gasteiger partial charge in [-0.3, -0.25) is 9.56 Å². The third kappa shape index (κ3) is 4.60. The third-order valence-electron chi connectivity index (χ3n) is 6.28. The summed E-state index contributed by atoms with van der Waals surface area (Å²) in [4.78, 5) is 15.9. The average molecular weight is 489 g/mol. The van der Waals surface area contributed by atoms with Gasteiger partial charge in [-0.05, 0) is 54.0 Å². The summed E-state index contributed by atoms with van der Waals surface area (Å²) in [5, 5.41) is 32.2. The Morgan fingerprint density at radius 1 is 0.892 bits per heavy atom. The SMILES string of the molecule is Cc1ccccc1C=Cn1c(O)c(C=Nc2cccc(-c3cccc(C(=O)O)c3)c2O)c2ccccc21. The summed E-state index contributed by atoms with van der Waals surface area (Å²) in [5.41, 5.74) is 4.95. The van der Waals surface area contributed by atoms with Gasteiger partial charge in [-0.2, -0.15) is 0 Å². The van der Waals surface area contributed by atoms with Crippen molar-refractivity contribution in [2.75, 3.05) is 0 Å². The minimum Gasteiger partial charge on any atom is -0.505 e. The van der Waals surface area contributed by atoms with Crippen LogP contribution in [0.5, 0.6) is 11.6 Å². The zero-order valence-corrected chi connectivity index (χ0v) is 20.0. The predicted molar refractivity (Wildman–Crippen MR) is 148 cm³/mol.